The molecule has 0 aliphatic rings. The van der Waals surface area contributed by atoms with Crippen molar-refractivity contribution in [2.75, 3.05) is 26.3 Å². The van der Waals surface area contributed by atoms with Crippen LogP contribution >= 0.6 is 0 Å². The Bertz CT molecular complexity index is 1450. The van der Waals surface area contributed by atoms with Gasteiger partial charge in [-0.15, -0.1) is 0 Å². The van der Waals surface area contributed by atoms with E-state index in [0.717, 1.165) is 10.9 Å². The molecular weight excluding hydrogens is 561 g/mol. The first kappa shape index (κ1) is 34.0. The number of hydrogen-bond donors (Lipinski definition) is 4. The molecule has 0 saturated carbocycles. The Labute approximate surface area is 272 Å². The molecule has 0 saturated heterocycles. The molecule has 11 heteroatoms. The maximum atomic E-state index is 12.4. The number of carbonyl (C=O) groups excluding carboxylic acids is 2. The summed E-state index contributed by atoms with van der Waals surface area (Å²) >= 11 is 0. The number of pyridine rings is 1. The fourth-order valence-corrected chi connectivity index (χ4v) is 4.27. The molecule has 0 aliphatic heterocycles. The molecule has 43 heavy (non-hydrogen) atoms. The van der Waals surface area contributed by atoms with Gasteiger partial charge in [0.15, 0.2) is 0 Å². The molecule has 4 N–H and O–H groups in total. The van der Waals surface area contributed by atoms with Crippen molar-refractivity contribution >= 4 is 22.8 Å². The van der Waals surface area contributed by atoms with Crippen LogP contribution in [-0.4, -0.2) is 65.5 Å². The molecular formula is C32H34N3NaO7. The molecule has 220 valence electrons. The minimum Gasteiger partial charge on any atom is -0.550 e. The average molecular weight is 596 g/mol. The Hall–Kier alpha value is -3.51. The minimum absolute atomic E-state index is 0. The first-order chi connectivity index (χ1) is 20.4. The number of aromatic nitrogens is 1. The number of rotatable bonds is 16. The summed E-state index contributed by atoms with van der Waals surface area (Å²) in [6.07, 6.45) is 1.61. The number of para-hydroxylation sites is 1. The molecule has 0 fully saturated rings. The molecule has 0 aliphatic carbocycles. The number of nitrogens with one attached hydrogen (secondary N) is 2. The zero-order chi connectivity index (χ0) is 29.7. The van der Waals surface area contributed by atoms with Gasteiger partial charge < -0.3 is 40.2 Å². The van der Waals surface area contributed by atoms with E-state index >= 15 is 0 Å². The van der Waals surface area contributed by atoms with Crippen molar-refractivity contribution in [1.29, 1.82) is 0 Å². The molecule has 0 spiro atoms. The second-order valence-corrected chi connectivity index (χ2v) is 9.79. The molecule has 10 nitrogen and oxygen atoms in total. The Morgan fingerprint density at radius 3 is 2.47 bits per heavy atom. The van der Waals surface area contributed by atoms with E-state index < -0.39 is 12.1 Å². The van der Waals surface area contributed by atoms with Crippen molar-refractivity contribution in [3.05, 3.63) is 96.2 Å². The fraction of sp³-hybridized carbons (Fsp3) is 0.281. The number of benzene rings is 3. The van der Waals surface area contributed by atoms with E-state index in [4.69, 9.17) is 9.47 Å². The van der Waals surface area contributed by atoms with Gasteiger partial charge in [0.25, 0.3) is 5.91 Å². The number of carbonyl (C=O) groups is 2. The number of fused-ring (bicyclic) bond motifs is 1. The van der Waals surface area contributed by atoms with Crippen LogP contribution in [0, 0.1) is 0 Å². The Morgan fingerprint density at radius 1 is 0.977 bits per heavy atom. The molecule has 1 aromatic heterocycles. The number of amides is 1. The Morgan fingerprint density at radius 2 is 1.74 bits per heavy atom. The van der Waals surface area contributed by atoms with E-state index in [-0.39, 0.29) is 74.2 Å². The van der Waals surface area contributed by atoms with Gasteiger partial charge in [0.1, 0.15) is 30.0 Å². The number of carboxylic acid groups (broad SMARTS) is 1. The van der Waals surface area contributed by atoms with E-state index in [9.17, 15) is 24.9 Å². The van der Waals surface area contributed by atoms with E-state index in [1.165, 1.54) is 0 Å². The SMILES string of the molecule is O=C([O-])CCCNC(=O)c1ccc2c(Oc3ccc(C[C@@H](CO)NC[C@H](O)COc4ccccc4)cc3)ccnc2c1.[Na+]. The molecule has 0 bridgehead atoms. The number of hydrogen-bond acceptors (Lipinski definition) is 9. The summed E-state index contributed by atoms with van der Waals surface area (Å²) in [7, 11) is 0. The predicted octanol–water partition coefficient (Wildman–Crippen LogP) is -0.776. The van der Waals surface area contributed by atoms with Gasteiger partial charge in [-0.25, -0.2) is 0 Å². The molecule has 3 aromatic carbocycles. The molecule has 2 atom stereocenters. The standard InChI is InChI=1S/C32H35N3O7.Na/c36-20-24(35-19-25(37)21-41-26-5-2-1-3-6-26)17-22-8-11-27(12-9-22)42-30-14-16-33-29-18-23(10-13-28(29)30)32(40)34-15-4-7-31(38)39;/h1-3,5-6,8-14,16,18,24-25,35-37H,4,7,15,17,19-21H2,(H,34,40)(H,38,39);/q;+1/p-1/t24-,25-;/m0./s1. The third kappa shape index (κ3) is 10.9. The predicted molar refractivity (Wildman–Crippen MR) is 155 cm³/mol. The third-order valence-corrected chi connectivity index (χ3v) is 6.49. The molecule has 1 amide bonds. The third-order valence-electron chi connectivity index (χ3n) is 6.49. The number of aliphatic hydroxyl groups excluding tert-OH is 2. The van der Waals surface area contributed by atoms with E-state index in [0.29, 0.717) is 41.2 Å². The first-order valence-corrected chi connectivity index (χ1v) is 13.7. The smallest absolute Gasteiger partial charge is 0.550 e. The topological polar surface area (TPSA) is 153 Å². The quantitative estimate of drug-likeness (QED) is 0.0966. The van der Waals surface area contributed by atoms with Gasteiger partial charge in [0.2, 0.25) is 0 Å². The van der Waals surface area contributed by atoms with Crippen molar-refractivity contribution in [3.63, 3.8) is 0 Å². The summed E-state index contributed by atoms with van der Waals surface area (Å²) < 4.78 is 11.7. The normalized spacial score (nSPS) is 12.1. The summed E-state index contributed by atoms with van der Waals surface area (Å²) in [6, 6.07) is 23.4. The van der Waals surface area contributed by atoms with Crippen LogP contribution in [0.4, 0.5) is 0 Å². The summed E-state index contributed by atoms with van der Waals surface area (Å²) in [5.41, 5.74) is 1.98. The van der Waals surface area contributed by atoms with Crippen LogP contribution in [0.3, 0.4) is 0 Å². The second kappa shape index (κ2) is 17.6. The van der Waals surface area contributed by atoms with Crippen molar-refractivity contribution in [2.45, 2.75) is 31.4 Å². The number of carboxylic acids is 1. The maximum Gasteiger partial charge on any atom is 1.00 e. The van der Waals surface area contributed by atoms with Crippen molar-refractivity contribution in [1.82, 2.24) is 15.6 Å². The van der Waals surface area contributed by atoms with Crippen molar-refractivity contribution in [3.8, 4) is 17.2 Å². The number of nitrogens with zero attached hydrogens (tertiary/aromatic N) is 1. The fourth-order valence-electron chi connectivity index (χ4n) is 4.27. The largest absolute Gasteiger partial charge is 1.00 e. The van der Waals surface area contributed by atoms with Crippen LogP contribution in [0.5, 0.6) is 17.2 Å². The Balaban J connectivity index is 0.00000506. The van der Waals surface area contributed by atoms with Gasteiger partial charge in [0.05, 0.1) is 12.1 Å². The van der Waals surface area contributed by atoms with Crippen LogP contribution in [0.25, 0.3) is 10.9 Å². The van der Waals surface area contributed by atoms with Gasteiger partial charge in [-0.1, -0.05) is 30.3 Å². The summed E-state index contributed by atoms with van der Waals surface area (Å²) in [6.45, 7) is 0.567. The van der Waals surface area contributed by atoms with Crippen LogP contribution in [0.1, 0.15) is 28.8 Å². The van der Waals surface area contributed by atoms with E-state index in [1.807, 2.05) is 54.6 Å². The monoisotopic (exact) mass is 595 g/mol. The molecule has 0 radical (unpaired) electrons. The number of aliphatic hydroxyl groups is 2. The maximum absolute atomic E-state index is 12.4. The van der Waals surface area contributed by atoms with Crippen molar-refractivity contribution in [2.24, 2.45) is 0 Å². The van der Waals surface area contributed by atoms with E-state index in [2.05, 4.69) is 15.6 Å². The van der Waals surface area contributed by atoms with Crippen LogP contribution in [0.15, 0.2) is 85.1 Å². The second-order valence-electron chi connectivity index (χ2n) is 9.79. The van der Waals surface area contributed by atoms with Gasteiger partial charge in [-0.3, -0.25) is 9.78 Å². The van der Waals surface area contributed by atoms with Gasteiger partial charge in [-0.2, -0.15) is 0 Å². The van der Waals surface area contributed by atoms with Crippen LogP contribution in [0.2, 0.25) is 0 Å². The minimum atomic E-state index is -1.15. The van der Waals surface area contributed by atoms with Crippen molar-refractivity contribution < 1.29 is 63.9 Å². The number of aliphatic carboxylic acids is 1. The van der Waals surface area contributed by atoms with Crippen LogP contribution < -0.4 is 54.8 Å². The zero-order valence-corrected chi connectivity index (χ0v) is 26.1. The molecule has 4 aromatic rings. The summed E-state index contributed by atoms with van der Waals surface area (Å²) in [4.78, 5) is 27.3. The van der Waals surface area contributed by atoms with Gasteiger partial charge >= 0.3 is 29.6 Å². The first-order valence-electron chi connectivity index (χ1n) is 13.7. The van der Waals surface area contributed by atoms with Gasteiger partial charge in [-0.05, 0) is 73.4 Å². The summed E-state index contributed by atoms with van der Waals surface area (Å²) in [5.74, 6) is 0.419. The molecule has 4 rings (SSSR count). The van der Waals surface area contributed by atoms with Gasteiger partial charge in [0, 0.05) is 42.2 Å². The molecule has 1 heterocycles. The Kier molecular flexibility index (Phi) is 13.9. The molecule has 0 unspecified atom stereocenters. The van der Waals surface area contributed by atoms with Crippen LogP contribution in [-0.2, 0) is 11.2 Å². The zero-order valence-electron chi connectivity index (χ0n) is 24.1. The average Bonchev–Trinajstić information content (AvgIpc) is 3.01. The number of ether oxygens (including phenoxy) is 2. The summed E-state index contributed by atoms with van der Waals surface area (Å²) in [5, 5.41) is 37.2. The van der Waals surface area contributed by atoms with E-state index in [1.54, 1.807) is 30.5 Å².